The minimum atomic E-state index is -1.28. The lowest BCUT2D eigenvalue weighted by Crippen LogP contribution is -2.37. The van der Waals surface area contributed by atoms with Gasteiger partial charge < -0.3 is 5.73 Å². The lowest BCUT2D eigenvalue weighted by atomic mass is 9.93. The van der Waals surface area contributed by atoms with Crippen molar-refractivity contribution in [2.45, 2.75) is 38.4 Å². The minimum absolute atomic E-state index is 0.0883. The summed E-state index contributed by atoms with van der Waals surface area (Å²) in [5.41, 5.74) is 6.31. The maximum Gasteiger partial charge on any atom is 0.131 e. The van der Waals surface area contributed by atoms with Crippen LogP contribution in [0, 0.1) is 5.92 Å². The lowest BCUT2D eigenvalue weighted by Gasteiger charge is -2.22. The highest BCUT2D eigenvalue weighted by molar-refractivity contribution is 5.82. The molecule has 1 aromatic heterocycles. The molecule has 1 fully saturated rings. The van der Waals surface area contributed by atoms with E-state index in [2.05, 4.69) is 12.0 Å². The van der Waals surface area contributed by atoms with Gasteiger partial charge in [0, 0.05) is 24.9 Å². The van der Waals surface area contributed by atoms with Crippen molar-refractivity contribution in [2.75, 3.05) is 6.54 Å². The quantitative estimate of drug-likeness (QED) is 0.899. The van der Waals surface area contributed by atoms with E-state index < -0.39 is 5.67 Å². The number of benzene rings is 1. The van der Waals surface area contributed by atoms with Crippen molar-refractivity contribution in [2.24, 2.45) is 11.7 Å². The van der Waals surface area contributed by atoms with Crippen LogP contribution in [0.4, 0.5) is 4.39 Å². The van der Waals surface area contributed by atoms with E-state index >= 15 is 0 Å². The molecular weight excluding hydrogens is 241 g/mol. The van der Waals surface area contributed by atoms with E-state index in [4.69, 9.17) is 5.73 Å². The summed E-state index contributed by atoms with van der Waals surface area (Å²) in [6, 6.07) is 8.03. The summed E-state index contributed by atoms with van der Waals surface area (Å²) in [5.74, 6) is 0.128. The zero-order valence-electron chi connectivity index (χ0n) is 11.3. The van der Waals surface area contributed by atoms with Crippen LogP contribution in [-0.2, 0) is 13.0 Å². The number of hydrogen-bond donors (Lipinski definition) is 1. The molecule has 1 aliphatic carbocycles. The van der Waals surface area contributed by atoms with E-state index in [9.17, 15) is 4.39 Å². The molecule has 0 aliphatic heterocycles. The Kier molecular flexibility index (Phi) is 3.05. The van der Waals surface area contributed by atoms with Crippen molar-refractivity contribution in [1.82, 2.24) is 9.78 Å². The Labute approximate surface area is 112 Å². The van der Waals surface area contributed by atoms with Crippen molar-refractivity contribution < 1.29 is 4.39 Å². The molecular formula is C15H20FN3. The fourth-order valence-electron chi connectivity index (χ4n) is 2.83. The number of halogens is 1. The van der Waals surface area contributed by atoms with Crippen LogP contribution in [0.25, 0.3) is 10.9 Å². The Morgan fingerprint density at radius 1 is 1.42 bits per heavy atom. The number of alkyl halides is 1. The second-order valence-electron chi connectivity index (χ2n) is 5.47. The third-order valence-corrected chi connectivity index (χ3v) is 4.14. The van der Waals surface area contributed by atoms with Crippen molar-refractivity contribution in [3.8, 4) is 0 Å². The molecule has 1 saturated carbocycles. The Morgan fingerprint density at radius 3 is 2.79 bits per heavy atom. The van der Waals surface area contributed by atoms with Gasteiger partial charge in [-0.25, -0.2) is 4.39 Å². The molecule has 3 rings (SSSR count). The van der Waals surface area contributed by atoms with E-state index in [0.717, 1.165) is 36.0 Å². The molecule has 4 heteroatoms. The molecule has 1 heterocycles. The number of nitrogens with two attached hydrogens (primary N) is 1. The summed E-state index contributed by atoms with van der Waals surface area (Å²) >= 11 is 0. The first-order valence-electron chi connectivity index (χ1n) is 7.01. The van der Waals surface area contributed by atoms with E-state index in [0.29, 0.717) is 6.42 Å². The molecule has 0 radical (unpaired) electrons. The SMILES string of the molecule is CCn1nc(CC(F)(CN)C2CC2)c2ccccc21. The maximum atomic E-state index is 14.9. The average Bonchev–Trinajstić information content (AvgIpc) is 3.24. The summed E-state index contributed by atoms with van der Waals surface area (Å²) in [4.78, 5) is 0. The molecule has 1 aliphatic rings. The van der Waals surface area contributed by atoms with Gasteiger partial charge in [0.15, 0.2) is 0 Å². The summed E-state index contributed by atoms with van der Waals surface area (Å²) in [6.45, 7) is 2.94. The zero-order valence-corrected chi connectivity index (χ0v) is 11.3. The van der Waals surface area contributed by atoms with Crippen LogP contribution in [0.15, 0.2) is 24.3 Å². The van der Waals surface area contributed by atoms with Gasteiger partial charge in [0.05, 0.1) is 11.2 Å². The van der Waals surface area contributed by atoms with Crippen molar-refractivity contribution in [3.63, 3.8) is 0 Å². The predicted octanol–water partition coefficient (Wildman–Crippen LogP) is 2.68. The molecule has 0 amide bonds. The third-order valence-electron chi connectivity index (χ3n) is 4.14. The molecule has 3 nitrogen and oxygen atoms in total. The molecule has 2 N–H and O–H groups in total. The number of fused-ring (bicyclic) bond motifs is 1. The number of para-hydroxylation sites is 1. The molecule has 1 aromatic carbocycles. The van der Waals surface area contributed by atoms with Gasteiger partial charge in [-0.1, -0.05) is 18.2 Å². The van der Waals surface area contributed by atoms with Crippen molar-refractivity contribution >= 4 is 10.9 Å². The number of aromatic nitrogens is 2. The largest absolute Gasteiger partial charge is 0.328 e. The highest BCUT2D eigenvalue weighted by atomic mass is 19.1. The van der Waals surface area contributed by atoms with Gasteiger partial charge in [0.1, 0.15) is 5.67 Å². The van der Waals surface area contributed by atoms with Crippen LogP contribution in [0.3, 0.4) is 0 Å². The fraction of sp³-hybridized carbons (Fsp3) is 0.533. The molecule has 1 unspecified atom stereocenters. The van der Waals surface area contributed by atoms with Crippen LogP contribution < -0.4 is 5.73 Å². The molecule has 2 aromatic rings. The van der Waals surface area contributed by atoms with Crippen LogP contribution in [0.2, 0.25) is 0 Å². The highest BCUT2D eigenvalue weighted by Gasteiger charge is 2.45. The van der Waals surface area contributed by atoms with E-state index in [1.165, 1.54) is 0 Å². The third kappa shape index (κ3) is 2.14. The number of rotatable bonds is 5. The smallest absolute Gasteiger partial charge is 0.131 e. The molecule has 1 atom stereocenters. The molecule has 19 heavy (non-hydrogen) atoms. The fourth-order valence-corrected chi connectivity index (χ4v) is 2.83. The highest BCUT2D eigenvalue weighted by Crippen LogP contribution is 2.44. The monoisotopic (exact) mass is 261 g/mol. The number of nitrogens with zero attached hydrogens (tertiary/aromatic N) is 2. The topological polar surface area (TPSA) is 43.8 Å². The molecule has 0 bridgehead atoms. The van der Waals surface area contributed by atoms with Crippen LogP contribution >= 0.6 is 0 Å². The van der Waals surface area contributed by atoms with E-state index in [1.54, 1.807) is 0 Å². The van der Waals surface area contributed by atoms with Gasteiger partial charge >= 0.3 is 0 Å². The second-order valence-corrected chi connectivity index (χ2v) is 5.47. The maximum absolute atomic E-state index is 14.9. The summed E-state index contributed by atoms with van der Waals surface area (Å²) in [7, 11) is 0. The first kappa shape index (κ1) is 12.6. The zero-order chi connectivity index (χ0) is 13.5. The number of hydrogen-bond acceptors (Lipinski definition) is 2. The lowest BCUT2D eigenvalue weighted by molar-refractivity contribution is 0.141. The van der Waals surface area contributed by atoms with Gasteiger partial charge in [-0.2, -0.15) is 5.10 Å². The molecule has 0 spiro atoms. The summed E-state index contributed by atoms with van der Waals surface area (Å²) in [5, 5.41) is 5.63. The predicted molar refractivity (Wildman–Crippen MR) is 74.7 cm³/mol. The van der Waals surface area contributed by atoms with Crippen LogP contribution in [0.1, 0.15) is 25.5 Å². The van der Waals surface area contributed by atoms with E-state index in [-0.39, 0.29) is 12.5 Å². The van der Waals surface area contributed by atoms with Crippen LogP contribution in [-0.4, -0.2) is 22.0 Å². The Balaban J connectivity index is 2.00. The molecule has 102 valence electrons. The normalized spacial score (nSPS) is 18.7. The Bertz CT molecular complexity index is 588. The van der Waals surface area contributed by atoms with Crippen LogP contribution in [0.5, 0.6) is 0 Å². The van der Waals surface area contributed by atoms with Crippen molar-refractivity contribution in [1.29, 1.82) is 0 Å². The van der Waals surface area contributed by atoms with Gasteiger partial charge in [0.25, 0.3) is 0 Å². The van der Waals surface area contributed by atoms with Gasteiger partial charge in [-0.05, 0) is 31.7 Å². The van der Waals surface area contributed by atoms with E-state index in [1.807, 2.05) is 28.9 Å². The standard InChI is InChI=1S/C15H20FN3/c1-2-19-14-6-4-3-5-12(14)13(18-19)9-15(16,10-17)11-7-8-11/h3-6,11H,2,7-10,17H2,1H3. The van der Waals surface area contributed by atoms with Crippen molar-refractivity contribution in [3.05, 3.63) is 30.0 Å². The molecule has 0 saturated heterocycles. The number of aryl methyl sites for hydroxylation is 1. The summed E-state index contributed by atoms with van der Waals surface area (Å²) in [6.07, 6.45) is 2.25. The summed E-state index contributed by atoms with van der Waals surface area (Å²) < 4.78 is 16.8. The second kappa shape index (κ2) is 4.60. The van der Waals surface area contributed by atoms with Gasteiger partial charge in [-0.15, -0.1) is 0 Å². The Hall–Kier alpha value is -1.42. The first-order valence-corrected chi connectivity index (χ1v) is 7.01. The first-order chi connectivity index (χ1) is 9.18. The Morgan fingerprint density at radius 2 is 2.16 bits per heavy atom. The minimum Gasteiger partial charge on any atom is -0.328 e. The average molecular weight is 261 g/mol. The van der Waals surface area contributed by atoms with Gasteiger partial charge in [0.2, 0.25) is 0 Å². The van der Waals surface area contributed by atoms with Gasteiger partial charge in [-0.3, -0.25) is 4.68 Å².